The molecule has 18 heavy (non-hydrogen) atoms. The molecule has 0 saturated carbocycles. The fourth-order valence-electron chi connectivity index (χ4n) is 1.63. The number of nitrogens with zero attached hydrogens (tertiary/aromatic N) is 3. The first-order valence-corrected chi connectivity index (χ1v) is 5.85. The summed E-state index contributed by atoms with van der Waals surface area (Å²) in [5.74, 6) is 1.42. The van der Waals surface area contributed by atoms with Gasteiger partial charge in [-0.15, -0.1) is 0 Å². The molecule has 6 heteroatoms. The van der Waals surface area contributed by atoms with Crippen molar-refractivity contribution in [2.24, 2.45) is 7.05 Å². The predicted molar refractivity (Wildman–Crippen MR) is 67.0 cm³/mol. The average Bonchev–Trinajstić information content (AvgIpc) is 2.94. The molecule has 6 nitrogen and oxygen atoms in total. The molecule has 0 amide bonds. The van der Waals surface area contributed by atoms with Gasteiger partial charge in [0.1, 0.15) is 0 Å². The molecule has 0 aromatic carbocycles. The minimum absolute atomic E-state index is 0.600. The van der Waals surface area contributed by atoms with Crippen LogP contribution in [0.2, 0.25) is 0 Å². The molecule has 0 unspecified atom stereocenters. The maximum Gasteiger partial charge on any atom is 0.208 e. The molecule has 2 aromatic rings. The highest BCUT2D eigenvalue weighted by Gasteiger charge is 2.11. The number of aromatic nitrogens is 3. The largest absolute Gasteiger partial charge is 0.439 e. The van der Waals surface area contributed by atoms with Crippen molar-refractivity contribution in [1.29, 1.82) is 0 Å². The van der Waals surface area contributed by atoms with Crippen LogP contribution in [0.5, 0.6) is 0 Å². The second-order valence-electron chi connectivity index (χ2n) is 4.06. The average molecular weight is 250 g/mol. The normalized spacial score (nSPS) is 11.1. The lowest BCUT2D eigenvalue weighted by atomic mass is 10.2. The van der Waals surface area contributed by atoms with E-state index in [0.717, 1.165) is 23.6 Å². The maximum absolute atomic E-state index is 5.68. The lowest BCUT2D eigenvalue weighted by molar-refractivity contribution is 0.198. The Morgan fingerprint density at radius 2 is 2.28 bits per heavy atom. The quantitative estimate of drug-likeness (QED) is 0.778. The summed E-state index contributed by atoms with van der Waals surface area (Å²) >= 11 is 0. The number of oxazole rings is 1. The van der Waals surface area contributed by atoms with E-state index in [1.807, 2.05) is 18.7 Å². The van der Waals surface area contributed by atoms with E-state index in [1.165, 1.54) is 0 Å². The Bertz CT molecular complexity index is 504. The van der Waals surface area contributed by atoms with Crippen LogP contribution in [0.1, 0.15) is 11.6 Å². The van der Waals surface area contributed by atoms with Gasteiger partial charge in [-0.2, -0.15) is 5.10 Å². The fraction of sp³-hybridized carbons (Fsp3) is 0.500. The summed E-state index contributed by atoms with van der Waals surface area (Å²) in [4.78, 5) is 4.23. The van der Waals surface area contributed by atoms with Gasteiger partial charge in [0, 0.05) is 26.4 Å². The number of hydrogen-bond acceptors (Lipinski definition) is 5. The third kappa shape index (κ3) is 2.77. The zero-order valence-corrected chi connectivity index (χ0v) is 10.9. The van der Waals surface area contributed by atoms with E-state index in [0.29, 0.717) is 19.0 Å². The second-order valence-corrected chi connectivity index (χ2v) is 4.06. The van der Waals surface area contributed by atoms with Crippen LogP contribution >= 0.6 is 0 Å². The van der Waals surface area contributed by atoms with Crippen molar-refractivity contribution in [3.05, 3.63) is 24.0 Å². The van der Waals surface area contributed by atoms with Crippen LogP contribution in [0.4, 0.5) is 0 Å². The van der Waals surface area contributed by atoms with E-state index in [-0.39, 0.29) is 0 Å². The minimum atomic E-state index is 0.600. The molecule has 0 fully saturated rings. The highest BCUT2D eigenvalue weighted by molar-refractivity contribution is 5.58. The number of rotatable bonds is 6. The van der Waals surface area contributed by atoms with Gasteiger partial charge in [-0.25, -0.2) is 4.98 Å². The van der Waals surface area contributed by atoms with Crippen molar-refractivity contribution >= 4 is 0 Å². The molecular formula is C12H18N4O2. The number of methoxy groups -OCH3 is 1. The molecule has 0 aliphatic heterocycles. The van der Waals surface area contributed by atoms with Crippen LogP contribution in [-0.4, -0.2) is 35.0 Å². The molecule has 2 aromatic heterocycles. The van der Waals surface area contributed by atoms with E-state index >= 15 is 0 Å². The van der Waals surface area contributed by atoms with Crippen molar-refractivity contribution < 1.29 is 9.15 Å². The van der Waals surface area contributed by atoms with Gasteiger partial charge in [0.25, 0.3) is 0 Å². The van der Waals surface area contributed by atoms with Gasteiger partial charge in [0.05, 0.1) is 31.1 Å². The van der Waals surface area contributed by atoms with Crippen LogP contribution < -0.4 is 5.32 Å². The first-order chi connectivity index (χ1) is 8.72. The Morgan fingerprint density at radius 3 is 2.94 bits per heavy atom. The maximum atomic E-state index is 5.68. The highest BCUT2D eigenvalue weighted by atomic mass is 16.5. The van der Waals surface area contributed by atoms with E-state index in [9.17, 15) is 0 Å². The molecule has 2 rings (SSSR count). The molecule has 98 valence electrons. The molecular weight excluding hydrogens is 232 g/mol. The topological polar surface area (TPSA) is 65.1 Å². The van der Waals surface area contributed by atoms with Gasteiger partial charge in [-0.1, -0.05) is 0 Å². The summed E-state index contributed by atoms with van der Waals surface area (Å²) in [5.41, 5.74) is 2.04. The van der Waals surface area contributed by atoms with Crippen molar-refractivity contribution in [2.45, 2.75) is 13.5 Å². The summed E-state index contributed by atoms with van der Waals surface area (Å²) in [7, 11) is 3.58. The van der Waals surface area contributed by atoms with Crippen molar-refractivity contribution in [2.75, 3.05) is 20.3 Å². The first kappa shape index (κ1) is 12.8. The van der Waals surface area contributed by atoms with Crippen LogP contribution in [0.15, 0.2) is 16.8 Å². The van der Waals surface area contributed by atoms with Gasteiger partial charge in [0.15, 0.2) is 5.76 Å². The molecule has 0 radical (unpaired) electrons. The Labute approximate surface area is 106 Å². The lowest BCUT2D eigenvalue weighted by Gasteiger charge is -2.00. The van der Waals surface area contributed by atoms with E-state index in [2.05, 4.69) is 15.4 Å². The highest BCUT2D eigenvalue weighted by Crippen LogP contribution is 2.23. The Kier molecular flexibility index (Phi) is 4.11. The second kappa shape index (κ2) is 5.79. The zero-order chi connectivity index (χ0) is 13.0. The summed E-state index contributed by atoms with van der Waals surface area (Å²) in [5, 5.41) is 7.37. The third-order valence-electron chi connectivity index (χ3n) is 2.81. The summed E-state index contributed by atoms with van der Waals surface area (Å²) in [6, 6.07) is 0. The molecule has 0 bridgehead atoms. The molecule has 1 N–H and O–H groups in total. The Morgan fingerprint density at radius 1 is 1.44 bits per heavy atom. The van der Waals surface area contributed by atoms with E-state index < -0.39 is 0 Å². The summed E-state index contributed by atoms with van der Waals surface area (Å²) < 4.78 is 12.4. The van der Waals surface area contributed by atoms with Crippen LogP contribution in [0.3, 0.4) is 0 Å². The summed E-state index contributed by atoms with van der Waals surface area (Å²) in [6.07, 6.45) is 3.52. The van der Waals surface area contributed by atoms with Crippen molar-refractivity contribution in [1.82, 2.24) is 20.1 Å². The molecule has 2 heterocycles. The molecule has 0 aliphatic rings. The van der Waals surface area contributed by atoms with Gasteiger partial charge in [0.2, 0.25) is 5.89 Å². The van der Waals surface area contributed by atoms with Gasteiger partial charge < -0.3 is 14.5 Å². The van der Waals surface area contributed by atoms with Crippen molar-refractivity contribution in [3.8, 4) is 11.3 Å². The Hall–Kier alpha value is -1.66. The van der Waals surface area contributed by atoms with E-state index in [4.69, 9.17) is 9.15 Å². The smallest absolute Gasteiger partial charge is 0.208 e. The van der Waals surface area contributed by atoms with Gasteiger partial charge in [-0.05, 0) is 6.92 Å². The molecule has 0 spiro atoms. The monoisotopic (exact) mass is 250 g/mol. The third-order valence-corrected chi connectivity index (χ3v) is 2.81. The van der Waals surface area contributed by atoms with Crippen molar-refractivity contribution in [3.63, 3.8) is 0 Å². The van der Waals surface area contributed by atoms with Crippen LogP contribution in [-0.2, 0) is 18.3 Å². The molecule has 0 atom stereocenters. The fourth-order valence-corrected chi connectivity index (χ4v) is 1.63. The standard InChI is InChI=1S/C12H18N4O2/c1-9-10(6-15-16(9)2)11-7-14-12(18-11)8-13-4-5-17-3/h6-7,13H,4-5,8H2,1-3H3. The number of nitrogens with one attached hydrogen (secondary N) is 1. The van der Waals surface area contributed by atoms with Gasteiger partial charge >= 0.3 is 0 Å². The molecule has 0 saturated heterocycles. The SMILES string of the molecule is COCCNCc1ncc(-c2cnn(C)c2C)o1. The van der Waals surface area contributed by atoms with Gasteiger partial charge in [-0.3, -0.25) is 4.68 Å². The summed E-state index contributed by atoms with van der Waals surface area (Å²) in [6.45, 7) is 4.06. The van der Waals surface area contributed by atoms with Crippen LogP contribution in [0, 0.1) is 6.92 Å². The number of ether oxygens (including phenoxy) is 1. The van der Waals surface area contributed by atoms with E-state index in [1.54, 1.807) is 19.5 Å². The number of hydrogen-bond donors (Lipinski definition) is 1. The lowest BCUT2D eigenvalue weighted by Crippen LogP contribution is -2.18. The molecule has 0 aliphatic carbocycles. The first-order valence-electron chi connectivity index (χ1n) is 5.85. The predicted octanol–water partition coefficient (Wildman–Crippen LogP) is 1.12. The van der Waals surface area contributed by atoms with Crippen LogP contribution in [0.25, 0.3) is 11.3 Å². The minimum Gasteiger partial charge on any atom is -0.439 e. The number of aryl methyl sites for hydroxylation is 1. The zero-order valence-electron chi connectivity index (χ0n) is 10.9. The Balaban J connectivity index is 2.00.